The van der Waals surface area contributed by atoms with Crippen molar-refractivity contribution in [3.05, 3.63) is 35.4 Å². The van der Waals surface area contributed by atoms with Crippen molar-refractivity contribution in [2.24, 2.45) is 0 Å². The molecule has 1 aliphatic carbocycles. The van der Waals surface area contributed by atoms with E-state index in [1.807, 2.05) is 20.8 Å². The van der Waals surface area contributed by atoms with E-state index in [-0.39, 0.29) is 12.1 Å². The molecule has 2 N–H and O–H groups in total. The van der Waals surface area contributed by atoms with Crippen molar-refractivity contribution in [2.75, 3.05) is 6.54 Å². The molecule has 0 fully saturated rings. The molecule has 0 bridgehead atoms. The van der Waals surface area contributed by atoms with Gasteiger partial charge in [-0.1, -0.05) is 31.2 Å². The molecular formula is C18H28N2O2. The van der Waals surface area contributed by atoms with Crippen molar-refractivity contribution < 1.29 is 9.53 Å². The van der Waals surface area contributed by atoms with Crippen LogP contribution in [0, 0.1) is 0 Å². The monoisotopic (exact) mass is 304 g/mol. The van der Waals surface area contributed by atoms with Gasteiger partial charge < -0.3 is 15.4 Å². The number of fused-ring (bicyclic) bond motifs is 1. The first-order chi connectivity index (χ1) is 10.4. The molecule has 22 heavy (non-hydrogen) atoms. The summed E-state index contributed by atoms with van der Waals surface area (Å²) in [5, 5.41) is 6.52. The summed E-state index contributed by atoms with van der Waals surface area (Å²) in [6.45, 7) is 8.48. The fourth-order valence-corrected chi connectivity index (χ4v) is 2.78. The van der Waals surface area contributed by atoms with Crippen molar-refractivity contribution in [2.45, 2.75) is 64.6 Å². The summed E-state index contributed by atoms with van der Waals surface area (Å²) in [4.78, 5) is 11.8. The number of rotatable bonds is 5. The van der Waals surface area contributed by atoms with Crippen molar-refractivity contribution in [3.63, 3.8) is 0 Å². The van der Waals surface area contributed by atoms with Gasteiger partial charge in [0.25, 0.3) is 0 Å². The number of nitrogens with one attached hydrogen (secondary N) is 2. The number of carbonyl (C=O) groups excluding carboxylic acids is 1. The molecule has 1 atom stereocenters. The molecular weight excluding hydrogens is 276 g/mol. The second kappa shape index (κ2) is 7.14. The number of hydrogen-bond acceptors (Lipinski definition) is 3. The zero-order chi connectivity index (χ0) is 16.2. The van der Waals surface area contributed by atoms with E-state index in [0.717, 1.165) is 25.8 Å². The van der Waals surface area contributed by atoms with Crippen LogP contribution in [0.1, 0.15) is 45.2 Å². The van der Waals surface area contributed by atoms with Gasteiger partial charge in [-0.05, 0) is 51.2 Å². The smallest absolute Gasteiger partial charge is 0.407 e. The standard InChI is InChI=1S/C18H28N2O2/c1-5-15(20-17(21)22-18(2,3)4)12-19-16-10-13-8-6-7-9-14(13)11-16/h6-9,15-16,19H,5,10-12H2,1-4H3,(H,20,21). The normalized spacial score (nSPS) is 16.2. The minimum atomic E-state index is -0.455. The van der Waals surface area contributed by atoms with E-state index in [2.05, 4.69) is 41.8 Å². The fourth-order valence-electron chi connectivity index (χ4n) is 2.78. The molecule has 0 heterocycles. The zero-order valence-electron chi connectivity index (χ0n) is 14.1. The van der Waals surface area contributed by atoms with Crippen LogP contribution < -0.4 is 10.6 Å². The first kappa shape index (κ1) is 16.8. The topological polar surface area (TPSA) is 50.4 Å². The van der Waals surface area contributed by atoms with Crippen LogP contribution in [0.5, 0.6) is 0 Å². The Morgan fingerprint density at radius 2 is 1.86 bits per heavy atom. The lowest BCUT2D eigenvalue weighted by Gasteiger charge is -2.24. The minimum Gasteiger partial charge on any atom is -0.444 e. The van der Waals surface area contributed by atoms with E-state index < -0.39 is 5.60 Å². The first-order valence-electron chi connectivity index (χ1n) is 8.17. The lowest BCUT2D eigenvalue weighted by Crippen LogP contribution is -2.46. The summed E-state index contributed by atoms with van der Waals surface area (Å²) in [5.74, 6) is 0. The third-order valence-electron chi connectivity index (χ3n) is 3.92. The molecule has 1 aliphatic rings. The SMILES string of the molecule is CCC(CNC1Cc2ccccc2C1)NC(=O)OC(C)(C)C. The molecule has 1 amide bonds. The highest BCUT2D eigenvalue weighted by atomic mass is 16.6. The van der Waals surface area contributed by atoms with Crippen LogP contribution in [0.4, 0.5) is 4.79 Å². The Morgan fingerprint density at radius 3 is 2.36 bits per heavy atom. The van der Waals surface area contributed by atoms with Crippen molar-refractivity contribution in [3.8, 4) is 0 Å². The average Bonchev–Trinajstić information content (AvgIpc) is 2.84. The van der Waals surface area contributed by atoms with Crippen molar-refractivity contribution in [1.29, 1.82) is 0 Å². The maximum Gasteiger partial charge on any atom is 0.407 e. The van der Waals surface area contributed by atoms with E-state index in [1.54, 1.807) is 0 Å². The molecule has 1 aromatic rings. The third kappa shape index (κ3) is 5.02. The number of hydrogen-bond donors (Lipinski definition) is 2. The third-order valence-corrected chi connectivity index (χ3v) is 3.92. The molecule has 122 valence electrons. The Labute approximate surface area is 133 Å². The van der Waals surface area contributed by atoms with Gasteiger partial charge in [0.05, 0.1) is 0 Å². The van der Waals surface area contributed by atoms with Gasteiger partial charge in [-0.2, -0.15) is 0 Å². The van der Waals surface area contributed by atoms with Crippen LogP contribution in [0.15, 0.2) is 24.3 Å². The van der Waals surface area contributed by atoms with E-state index in [1.165, 1.54) is 11.1 Å². The highest BCUT2D eigenvalue weighted by Gasteiger charge is 2.22. The highest BCUT2D eigenvalue weighted by Crippen LogP contribution is 2.21. The predicted molar refractivity (Wildman–Crippen MR) is 89.1 cm³/mol. The Bertz CT molecular complexity index is 483. The molecule has 1 aromatic carbocycles. The lowest BCUT2D eigenvalue weighted by molar-refractivity contribution is 0.0502. The molecule has 1 unspecified atom stereocenters. The first-order valence-corrected chi connectivity index (χ1v) is 8.17. The molecule has 4 nitrogen and oxygen atoms in total. The summed E-state index contributed by atoms with van der Waals surface area (Å²) in [6.07, 6.45) is 2.68. The average molecular weight is 304 g/mol. The number of alkyl carbamates (subject to hydrolysis) is 1. The van der Waals surface area contributed by atoms with E-state index in [0.29, 0.717) is 6.04 Å². The molecule has 0 saturated carbocycles. The van der Waals surface area contributed by atoms with Gasteiger partial charge in [0.2, 0.25) is 0 Å². The van der Waals surface area contributed by atoms with Crippen LogP contribution in [0.2, 0.25) is 0 Å². The minimum absolute atomic E-state index is 0.0959. The summed E-state index contributed by atoms with van der Waals surface area (Å²) in [7, 11) is 0. The van der Waals surface area contributed by atoms with Crippen molar-refractivity contribution in [1.82, 2.24) is 10.6 Å². The second-order valence-corrected chi connectivity index (χ2v) is 7.03. The molecule has 2 rings (SSSR count). The largest absolute Gasteiger partial charge is 0.444 e. The Hall–Kier alpha value is -1.55. The Kier molecular flexibility index (Phi) is 5.46. The van der Waals surface area contributed by atoms with Gasteiger partial charge in [-0.3, -0.25) is 0 Å². The maximum absolute atomic E-state index is 11.8. The van der Waals surface area contributed by atoms with Gasteiger partial charge in [0.15, 0.2) is 0 Å². The van der Waals surface area contributed by atoms with Gasteiger partial charge in [-0.15, -0.1) is 0 Å². The summed E-state index contributed by atoms with van der Waals surface area (Å²) in [6, 6.07) is 9.16. The predicted octanol–water partition coefficient (Wildman–Crippen LogP) is 3.05. The van der Waals surface area contributed by atoms with E-state index in [9.17, 15) is 4.79 Å². The zero-order valence-corrected chi connectivity index (χ0v) is 14.1. The van der Waals surface area contributed by atoms with E-state index >= 15 is 0 Å². The lowest BCUT2D eigenvalue weighted by atomic mass is 10.1. The molecule has 4 heteroatoms. The maximum atomic E-state index is 11.8. The molecule has 0 saturated heterocycles. The van der Waals surface area contributed by atoms with Gasteiger partial charge in [-0.25, -0.2) is 4.79 Å². The van der Waals surface area contributed by atoms with Gasteiger partial charge in [0.1, 0.15) is 5.60 Å². The fraction of sp³-hybridized carbons (Fsp3) is 0.611. The van der Waals surface area contributed by atoms with Crippen LogP contribution in [-0.2, 0) is 17.6 Å². The molecule has 0 aromatic heterocycles. The summed E-state index contributed by atoms with van der Waals surface area (Å²) < 4.78 is 5.31. The van der Waals surface area contributed by atoms with E-state index in [4.69, 9.17) is 4.74 Å². The molecule has 0 spiro atoms. The van der Waals surface area contributed by atoms with Crippen LogP contribution in [-0.4, -0.2) is 30.3 Å². The van der Waals surface area contributed by atoms with Gasteiger partial charge >= 0.3 is 6.09 Å². The number of ether oxygens (including phenoxy) is 1. The second-order valence-electron chi connectivity index (χ2n) is 7.03. The van der Waals surface area contributed by atoms with Crippen LogP contribution in [0.3, 0.4) is 0 Å². The van der Waals surface area contributed by atoms with Crippen LogP contribution >= 0.6 is 0 Å². The summed E-state index contributed by atoms with van der Waals surface area (Å²) >= 11 is 0. The number of benzene rings is 1. The molecule has 0 aliphatic heterocycles. The van der Waals surface area contributed by atoms with Crippen LogP contribution in [0.25, 0.3) is 0 Å². The number of amides is 1. The highest BCUT2D eigenvalue weighted by molar-refractivity contribution is 5.68. The van der Waals surface area contributed by atoms with Gasteiger partial charge in [0, 0.05) is 18.6 Å². The quantitative estimate of drug-likeness (QED) is 0.879. The molecule has 0 radical (unpaired) electrons. The summed E-state index contributed by atoms with van der Waals surface area (Å²) in [5.41, 5.74) is 2.42. The Morgan fingerprint density at radius 1 is 1.27 bits per heavy atom. The number of carbonyl (C=O) groups is 1. The van der Waals surface area contributed by atoms with Crippen molar-refractivity contribution >= 4 is 6.09 Å². The Balaban J connectivity index is 1.77.